The fourth-order valence-electron chi connectivity index (χ4n) is 2.59. The van der Waals surface area contributed by atoms with Crippen molar-refractivity contribution in [3.63, 3.8) is 0 Å². The molecule has 0 unspecified atom stereocenters. The molecule has 1 N–H and O–H groups in total. The minimum atomic E-state index is -0.550. The van der Waals surface area contributed by atoms with Gasteiger partial charge in [-0.2, -0.15) is 0 Å². The van der Waals surface area contributed by atoms with Crippen molar-refractivity contribution < 1.29 is 19.1 Å². The summed E-state index contributed by atoms with van der Waals surface area (Å²) in [6, 6.07) is 12.3. The molecule has 26 heavy (non-hydrogen) atoms. The summed E-state index contributed by atoms with van der Waals surface area (Å²) in [5.74, 6) is -0.135. The third-order valence-corrected chi connectivity index (χ3v) is 5.19. The van der Waals surface area contributed by atoms with Crippen molar-refractivity contribution in [3.05, 3.63) is 69.6 Å². The summed E-state index contributed by atoms with van der Waals surface area (Å²) in [6.07, 6.45) is 0. The van der Waals surface area contributed by atoms with Crippen LogP contribution in [-0.2, 0) is 16.1 Å². The second-order valence-electron chi connectivity index (χ2n) is 5.89. The Kier molecular flexibility index (Phi) is 5.32. The number of esters is 1. The monoisotopic (exact) mass is 370 g/mol. The third kappa shape index (κ3) is 3.91. The van der Waals surface area contributed by atoms with E-state index in [-0.39, 0.29) is 24.1 Å². The Morgan fingerprint density at radius 2 is 1.96 bits per heavy atom. The van der Waals surface area contributed by atoms with Gasteiger partial charge in [0.2, 0.25) is 0 Å². The van der Waals surface area contributed by atoms with Gasteiger partial charge in [-0.05, 0) is 37.6 Å². The Balaban J connectivity index is 1.71. The van der Waals surface area contributed by atoms with Gasteiger partial charge in [-0.25, -0.2) is 4.79 Å². The quantitative estimate of drug-likeness (QED) is 0.416. The number of hydrogen-bond donors (Lipinski definition) is 1. The number of phenols is 1. The molecule has 0 radical (unpaired) electrons. The van der Waals surface area contributed by atoms with E-state index in [2.05, 4.69) is 0 Å². The number of fused-ring (bicyclic) bond motifs is 1. The Hall–Kier alpha value is -2.73. The van der Waals surface area contributed by atoms with Gasteiger partial charge in [-0.1, -0.05) is 18.2 Å². The minimum absolute atomic E-state index is 0.0283. The molecule has 0 bridgehead atoms. The van der Waals surface area contributed by atoms with Gasteiger partial charge < -0.3 is 14.3 Å². The Bertz CT molecular complexity index is 1020. The number of carbonyl (C=O) groups is 1. The largest absolute Gasteiger partial charge is 0.508 e. The summed E-state index contributed by atoms with van der Waals surface area (Å²) in [4.78, 5) is 24.9. The number of hydrogen-bond acceptors (Lipinski definition) is 6. The molecule has 6 heteroatoms. The van der Waals surface area contributed by atoms with E-state index in [9.17, 15) is 14.7 Å². The maximum atomic E-state index is 12.1. The highest BCUT2D eigenvalue weighted by Gasteiger charge is 2.13. The van der Waals surface area contributed by atoms with E-state index in [1.165, 1.54) is 23.9 Å². The highest BCUT2D eigenvalue weighted by molar-refractivity contribution is 8.00. The Labute approximate surface area is 154 Å². The zero-order valence-electron chi connectivity index (χ0n) is 14.4. The van der Waals surface area contributed by atoms with Crippen molar-refractivity contribution in [2.75, 3.05) is 5.75 Å². The Morgan fingerprint density at radius 3 is 2.73 bits per heavy atom. The van der Waals surface area contributed by atoms with E-state index in [0.29, 0.717) is 22.1 Å². The normalized spacial score (nSPS) is 10.8. The topological polar surface area (TPSA) is 76.7 Å². The molecule has 0 saturated heterocycles. The first-order valence-corrected chi connectivity index (χ1v) is 9.03. The number of aryl methyl sites for hydroxylation is 2. The molecular weight excluding hydrogens is 352 g/mol. The van der Waals surface area contributed by atoms with E-state index in [0.717, 1.165) is 10.5 Å². The summed E-state index contributed by atoms with van der Waals surface area (Å²) >= 11 is 1.41. The van der Waals surface area contributed by atoms with Gasteiger partial charge in [0, 0.05) is 27.5 Å². The van der Waals surface area contributed by atoms with Crippen LogP contribution >= 0.6 is 11.8 Å². The maximum Gasteiger partial charge on any atom is 0.336 e. The number of ether oxygens (including phenoxy) is 1. The number of benzene rings is 2. The molecule has 1 heterocycles. The van der Waals surface area contributed by atoms with E-state index in [1.807, 2.05) is 31.2 Å². The van der Waals surface area contributed by atoms with E-state index in [1.54, 1.807) is 13.0 Å². The number of phenolic OH excluding ortho intramolecular Hbond substituents is 1. The van der Waals surface area contributed by atoms with Crippen LogP contribution in [0.1, 0.15) is 16.7 Å². The first-order chi connectivity index (χ1) is 12.5. The predicted molar refractivity (Wildman–Crippen MR) is 101 cm³/mol. The zero-order chi connectivity index (χ0) is 18.7. The molecule has 3 aromatic rings. The van der Waals surface area contributed by atoms with Gasteiger partial charge in [0.05, 0.1) is 5.75 Å². The standard InChI is InChI=1S/C20H18O5S/c1-12-5-3-4-6-17(12)26-11-19(23)24-10-14-9-18(22)25-20-13(2)16(21)8-7-15(14)20/h3-9,21H,10-11H2,1-2H3. The van der Waals surface area contributed by atoms with Crippen LogP contribution in [0.2, 0.25) is 0 Å². The van der Waals surface area contributed by atoms with Crippen LogP contribution in [0, 0.1) is 13.8 Å². The summed E-state index contributed by atoms with van der Waals surface area (Å²) < 4.78 is 10.5. The first-order valence-electron chi connectivity index (χ1n) is 8.05. The van der Waals surface area contributed by atoms with Gasteiger partial charge in [-0.15, -0.1) is 11.8 Å². The van der Waals surface area contributed by atoms with E-state index >= 15 is 0 Å². The molecule has 5 nitrogen and oxygen atoms in total. The molecule has 3 rings (SSSR count). The number of carbonyl (C=O) groups excluding carboxylic acids is 1. The van der Waals surface area contributed by atoms with Crippen molar-refractivity contribution in [2.45, 2.75) is 25.3 Å². The molecule has 0 atom stereocenters. The molecule has 0 spiro atoms. The zero-order valence-corrected chi connectivity index (χ0v) is 15.3. The number of rotatable bonds is 5. The second-order valence-corrected chi connectivity index (χ2v) is 6.91. The van der Waals surface area contributed by atoms with Gasteiger partial charge in [0.25, 0.3) is 0 Å². The number of aromatic hydroxyl groups is 1. The molecular formula is C20H18O5S. The van der Waals surface area contributed by atoms with Gasteiger partial charge in [0.1, 0.15) is 17.9 Å². The molecule has 1 aromatic heterocycles. The molecule has 0 aliphatic rings. The molecule has 0 aliphatic heterocycles. The first kappa shape index (κ1) is 18.1. The summed E-state index contributed by atoms with van der Waals surface area (Å²) in [5.41, 5.74) is 1.88. The van der Waals surface area contributed by atoms with E-state index < -0.39 is 5.63 Å². The summed E-state index contributed by atoms with van der Waals surface area (Å²) in [6.45, 7) is 3.62. The third-order valence-electron chi connectivity index (χ3n) is 4.05. The van der Waals surface area contributed by atoms with Gasteiger partial charge in [-0.3, -0.25) is 4.79 Å². The van der Waals surface area contributed by atoms with Crippen LogP contribution in [0.5, 0.6) is 5.75 Å². The fraction of sp³-hybridized carbons (Fsp3) is 0.200. The average molecular weight is 370 g/mol. The van der Waals surface area contributed by atoms with Crippen molar-refractivity contribution in [1.82, 2.24) is 0 Å². The lowest BCUT2D eigenvalue weighted by Gasteiger charge is -2.09. The molecule has 0 fully saturated rings. The van der Waals surface area contributed by atoms with Crippen LogP contribution in [0.25, 0.3) is 11.0 Å². The van der Waals surface area contributed by atoms with Crippen molar-refractivity contribution in [1.29, 1.82) is 0 Å². The Morgan fingerprint density at radius 1 is 1.19 bits per heavy atom. The van der Waals surface area contributed by atoms with Gasteiger partial charge >= 0.3 is 11.6 Å². The lowest BCUT2D eigenvalue weighted by atomic mass is 10.1. The molecule has 2 aromatic carbocycles. The fourth-order valence-corrected chi connectivity index (χ4v) is 3.42. The number of thioether (sulfide) groups is 1. The van der Waals surface area contributed by atoms with Crippen molar-refractivity contribution in [2.24, 2.45) is 0 Å². The second kappa shape index (κ2) is 7.66. The molecule has 0 amide bonds. The van der Waals surface area contributed by atoms with Crippen LogP contribution < -0.4 is 5.63 Å². The average Bonchev–Trinajstić information content (AvgIpc) is 2.62. The van der Waals surface area contributed by atoms with Gasteiger partial charge in [0.15, 0.2) is 0 Å². The van der Waals surface area contributed by atoms with Crippen LogP contribution in [0.15, 0.2) is 56.6 Å². The minimum Gasteiger partial charge on any atom is -0.508 e. The van der Waals surface area contributed by atoms with Crippen molar-refractivity contribution in [3.8, 4) is 5.75 Å². The summed E-state index contributed by atoms with van der Waals surface area (Å²) in [7, 11) is 0. The highest BCUT2D eigenvalue weighted by Crippen LogP contribution is 2.28. The van der Waals surface area contributed by atoms with Crippen LogP contribution in [-0.4, -0.2) is 16.8 Å². The molecule has 0 saturated carbocycles. The highest BCUT2D eigenvalue weighted by atomic mass is 32.2. The molecule has 134 valence electrons. The van der Waals surface area contributed by atoms with Crippen LogP contribution in [0.3, 0.4) is 0 Å². The molecule has 0 aliphatic carbocycles. The maximum absolute atomic E-state index is 12.1. The smallest absolute Gasteiger partial charge is 0.336 e. The van der Waals surface area contributed by atoms with Crippen molar-refractivity contribution >= 4 is 28.7 Å². The van der Waals surface area contributed by atoms with E-state index in [4.69, 9.17) is 9.15 Å². The summed E-state index contributed by atoms with van der Waals surface area (Å²) in [5, 5.41) is 10.4. The lowest BCUT2D eigenvalue weighted by molar-refractivity contribution is -0.141. The SMILES string of the molecule is Cc1ccccc1SCC(=O)OCc1cc(=O)oc2c(C)c(O)ccc12. The predicted octanol–water partition coefficient (Wildman–Crippen LogP) is 3.95. The van der Waals surface area contributed by atoms with Crippen LogP contribution in [0.4, 0.5) is 0 Å². The lowest BCUT2D eigenvalue weighted by Crippen LogP contribution is -2.09.